The van der Waals surface area contributed by atoms with Gasteiger partial charge in [-0.05, 0) is 37.6 Å². The minimum absolute atomic E-state index is 0.0265. The van der Waals surface area contributed by atoms with E-state index in [1.807, 2.05) is 25.1 Å². The van der Waals surface area contributed by atoms with Crippen LogP contribution in [0.15, 0.2) is 24.3 Å². The van der Waals surface area contributed by atoms with E-state index in [1.165, 1.54) is 0 Å². The zero-order chi connectivity index (χ0) is 13.0. The molecule has 96 valence electrons. The molecule has 0 bridgehead atoms. The molecule has 2 aromatic rings. The monoisotopic (exact) mass is 246 g/mol. The Morgan fingerprint density at radius 3 is 3.00 bits per heavy atom. The van der Waals surface area contributed by atoms with Crippen molar-refractivity contribution in [2.75, 3.05) is 19.0 Å². The smallest absolute Gasteiger partial charge is 0.224 e. The van der Waals surface area contributed by atoms with Crippen LogP contribution in [-0.2, 0) is 9.53 Å². The number of carbonyl (C=O) groups excluding carboxylic acids is 1. The van der Waals surface area contributed by atoms with Crippen molar-refractivity contribution in [3.8, 4) is 0 Å². The van der Waals surface area contributed by atoms with Crippen LogP contribution >= 0.6 is 0 Å². The van der Waals surface area contributed by atoms with E-state index in [4.69, 9.17) is 4.74 Å². The Morgan fingerprint density at radius 2 is 2.22 bits per heavy atom. The second-order valence-electron chi connectivity index (χ2n) is 4.40. The van der Waals surface area contributed by atoms with Crippen molar-refractivity contribution in [1.29, 1.82) is 0 Å². The molecule has 0 saturated carbocycles. The minimum atomic E-state index is 0.0265. The summed E-state index contributed by atoms with van der Waals surface area (Å²) in [6.45, 7) is 2.63. The summed E-state index contributed by atoms with van der Waals surface area (Å²) in [5.41, 5.74) is 3.04. The zero-order valence-corrected chi connectivity index (χ0v) is 10.7. The van der Waals surface area contributed by atoms with Gasteiger partial charge in [-0.2, -0.15) is 0 Å². The topological polar surface area (TPSA) is 54.1 Å². The van der Waals surface area contributed by atoms with Crippen LogP contribution in [0.1, 0.15) is 18.5 Å². The lowest BCUT2D eigenvalue weighted by Crippen LogP contribution is -2.11. The van der Waals surface area contributed by atoms with Gasteiger partial charge in [-0.25, -0.2) is 0 Å². The molecule has 0 atom stereocenters. The summed E-state index contributed by atoms with van der Waals surface area (Å²) in [5.74, 6) is 0.0265. The number of hydrogen-bond acceptors (Lipinski definition) is 2. The molecular weight excluding hydrogens is 228 g/mol. The van der Waals surface area contributed by atoms with Crippen molar-refractivity contribution in [1.82, 2.24) is 4.98 Å². The van der Waals surface area contributed by atoms with Gasteiger partial charge in [-0.3, -0.25) is 4.79 Å². The molecule has 0 spiro atoms. The number of rotatable bonds is 5. The van der Waals surface area contributed by atoms with Gasteiger partial charge in [-0.15, -0.1) is 0 Å². The number of aromatic amines is 1. The standard InChI is InChI=1S/C14H18N2O2/c1-10-8-11-9-12(5-6-13(11)15-10)16-14(17)4-3-7-18-2/h5-6,8-9,15H,3-4,7H2,1-2H3,(H,16,17). The largest absolute Gasteiger partial charge is 0.385 e. The number of fused-ring (bicyclic) bond motifs is 1. The third-order valence-electron chi connectivity index (χ3n) is 2.79. The van der Waals surface area contributed by atoms with Crippen LogP contribution in [0.25, 0.3) is 10.9 Å². The number of amides is 1. The first kappa shape index (κ1) is 12.6. The second-order valence-corrected chi connectivity index (χ2v) is 4.40. The van der Waals surface area contributed by atoms with Gasteiger partial charge in [0.2, 0.25) is 5.91 Å². The molecule has 2 N–H and O–H groups in total. The van der Waals surface area contributed by atoms with E-state index in [1.54, 1.807) is 7.11 Å². The van der Waals surface area contributed by atoms with Crippen molar-refractivity contribution in [3.63, 3.8) is 0 Å². The number of ether oxygens (including phenoxy) is 1. The number of hydrogen-bond donors (Lipinski definition) is 2. The summed E-state index contributed by atoms with van der Waals surface area (Å²) < 4.78 is 4.92. The SMILES string of the molecule is COCCCC(=O)Nc1ccc2[nH]c(C)cc2c1. The molecule has 0 aliphatic heterocycles. The Labute approximate surface area is 106 Å². The maximum absolute atomic E-state index is 11.7. The second kappa shape index (κ2) is 5.69. The van der Waals surface area contributed by atoms with Gasteiger partial charge in [0.1, 0.15) is 0 Å². The molecule has 1 aromatic heterocycles. The Hall–Kier alpha value is -1.81. The molecule has 1 amide bonds. The van der Waals surface area contributed by atoms with Gasteiger partial charge in [0.15, 0.2) is 0 Å². The Bertz CT molecular complexity index is 546. The van der Waals surface area contributed by atoms with Crippen molar-refractivity contribution in [2.24, 2.45) is 0 Å². The average molecular weight is 246 g/mol. The first-order valence-electron chi connectivity index (χ1n) is 6.07. The molecular formula is C14H18N2O2. The lowest BCUT2D eigenvalue weighted by atomic mass is 10.2. The molecule has 0 unspecified atom stereocenters. The van der Waals surface area contributed by atoms with Crippen molar-refractivity contribution in [3.05, 3.63) is 30.0 Å². The van der Waals surface area contributed by atoms with Gasteiger partial charge in [0, 0.05) is 42.4 Å². The zero-order valence-electron chi connectivity index (χ0n) is 10.7. The summed E-state index contributed by atoms with van der Waals surface area (Å²) >= 11 is 0. The average Bonchev–Trinajstić information content (AvgIpc) is 2.69. The van der Waals surface area contributed by atoms with Crippen molar-refractivity contribution >= 4 is 22.5 Å². The number of benzene rings is 1. The van der Waals surface area contributed by atoms with Gasteiger partial charge in [0.25, 0.3) is 0 Å². The van der Waals surface area contributed by atoms with Crippen LogP contribution in [0.4, 0.5) is 5.69 Å². The normalized spacial score (nSPS) is 10.8. The predicted octanol–water partition coefficient (Wildman–Crippen LogP) is 2.84. The van der Waals surface area contributed by atoms with E-state index in [0.717, 1.165) is 28.7 Å². The molecule has 0 aliphatic carbocycles. The lowest BCUT2D eigenvalue weighted by Gasteiger charge is -2.05. The quantitative estimate of drug-likeness (QED) is 0.797. The number of aromatic nitrogens is 1. The van der Waals surface area contributed by atoms with Crippen molar-refractivity contribution < 1.29 is 9.53 Å². The highest BCUT2D eigenvalue weighted by Gasteiger charge is 2.04. The van der Waals surface area contributed by atoms with Gasteiger partial charge < -0.3 is 15.0 Å². The Balaban J connectivity index is 2.00. The van der Waals surface area contributed by atoms with E-state index in [-0.39, 0.29) is 5.91 Å². The summed E-state index contributed by atoms with van der Waals surface area (Å²) in [7, 11) is 1.64. The van der Waals surface area contributed by atoms with E-state index in [0.29, 0.717) is 13.0 Å². The molecule has 18 heavy (non-hydrogen) atoms. The molecule has 4 nitrogen and oxygen atoms in total. The first-order chi connectivity index (χ1) is 8.69. The third-order valence-corrected chi connectivity index (χ3v) is 2.79. The molecule has 0 saturated heterocycles. The third kappa shape index (κ3) is 3.11. The van der Waals surface area contributed by atoms with Crippen LogP contribution in [0.3, 0.4) is 0 Å². The highest BCUT2D eigenvalue weighted by atomic mass is 16.5. The first-order valence-corrected chi connectivity index (χ1v) is 6.07. The maximum atomic E-state index is 11.7. The van der Waals surface area contributed by atoms with Gasteiger partial charge in [0.05, 0.1) is 0 Å². The van der Waals surface area contributed by atoms with Gasteiger partial charge in [-0.1, -0.05) is 0 Å². The molecule has 0 aliphatic rings. The number of methoxy groups -OCH3 is 1. The van der Waals surface area contributed by atoms with E-state index >= 15 is 0 Å². The minimum Gasteiger partial charge on any atom is -0.385 e. The van der Waals surface area contributed by atoms with Crippen LogP contribution in [-0.4, -0.2) is 24.6 Å². The number of aryl methyl sites for hydroxylation is 1. The fraction of sp³-hybridized carbons (Fsp3) is 0.357. The number of anilines is 1. The van der Waals surface area contributed by atoms with Crippen LogP contribution < -0.4 is 5.32 Å². The number of carbonyl (C=O) groups is 1. The molecule has 1 heterocycles. The fourth-order valence-electron chi connectivity index (χ4n) is 1.96. The van der Waals surface area contributed by atoms with E-state index < -0.39 is 0 Å². The van der Waals surface area contributed by atoms with E-state index in [9.17, 15) is 4.79 Å². The predicted molar refractivity (Wildman–Crippen MR) is 72.8 cm³/mol. The Morgan fingerprint density at radius 1 is 1.39 bits per heavy atom. The highest BCUT2D eigenvalue weighted by molar-refractivity contribution is 5.93. The fourth-order valence-corrected chi connectivity index (χ4v) is 1.96. The maximum Gasteiger partial charge on any atom is 0.224 e. The Kier molecular flexibility index (Phi) is 3.99. The van der Waals surface area contributed by atoms with Crippen LogP contribution in [0.5, 0.6) is 0 Å². The number of H-pyrrole nitrogens is 1. The molecule has 1 aromatic carbocycles. The molecule has 0 radical (unpaired) electrons. The summed E-state index contributed by atoms with van der Waals surface area (Å²) in [6, 6.07) is 7.93. The van der Waals surface area contributed by atoms with Gasteiger partial charge >= 0.3 is 0 Å². The van der Waals surface area contributed by atoms with E-state index in [2.05, 4.69) is 16.4 Å². The summed E-state index contributed by atoms with van der Waals surface area (Å²) in [6.07, 6.45) is 1.23. The van der Waals surface area contributed by atoms with Crippen LogP contribution in [0.2, 0.25) is 0 Å². The molecule has 4 heteroatoms. The molecule has 2 rings (SSSR count). The highest BCUT2D eigenvalue weighted by Crippen LogP contribution is 2.19. The summed E-state index contributed by atoms with van der Waals surface area (Å²) in [4.78, 5) is 14.9. The lowest BCUT2D eigenvalue weighted by molar-refractivity contribution is -0.116. The number of nitrogens with one attached hydrogen (secondary N) is 2. The summed E-state index contributed by atoms with van der Waals surface area (Å²) in [5, 5.41) is 4.01. The van der Waals surface area contributed by atoms with Crippen LogP contribution in [0, 0.1) is 6.92 Å². The molecule has 0 fully saturated rings. The van der Waals surface area contributed by atoms with Crippen molar-refractivity contribution in [2.45, 2.75) is 19.8 Å².